The van der Waals surface area contributed by atoms with E-state index in [2.05, 4.69) is 0 Å². The van der Waals surface area contributed by atoms with E-state index < -0.39 is 17.1 Å². The van der Waals surface area contributed by atoms with Crippen LogP contribution in [0.3, 0.4) is 0 Å². The smallest absolute Gasteiger partial charge is 0.361 e. The Morgan fingerprint density at radius 3 is 2.21 bits per heavy atom. The molecule has 3 rings (SSSR count). The van der Waals surface area contributed by atoms with Gasteiger partial charge in [-0.15, -0.1) is 0 Å². The molecule has 2 unspecified atom stereocenters. The molecule has 0 fully saturated rings. The van der Waals surface area contributed by atoms with E-state index in [9.17, 15) is 14.9 Å². The molecule has 0 N–H and O–H groups in total. The Bertz CT molecular complexity index is 784. The van der Waals surface area contributed by atoms with Gasteiger partial charge in [0.05, 0.1) is 16.4 Å². The minimum Gasteiger partial charge on any atom is -0.428 e. The molecule has 1 aliphatic heterocycles. The van der Waals surface area contributed by atoms with E-state index in [4.69, 9.17) is 4.74 Å². The summed E-state index contributed by atoms with van der Waals surface area (Å²) in [6, 6.07) is 17.9. The molecule has 2 atom stereocenters. The zero-order valence-corrected chi connectivity index (χ0v) is 13.2. The quantitative estimate of drug-likeness (QED) is 0.475. The monoisotopic (exact) mass is 323 g/mol. The standard InChI is InChI=1S/C19H17NO4/c1-2-15-16(17(21)13-9-5-3-6-10-13)18(24-19(15)20(22)23)14-11-7-4-8-12-14/h3-12,15,19H,2H2,1H3. The lowest BCUT2D eigenvalue weighted by Crippen LogP contribution is -2.28. The number of carbonyl (C=O) groups excluding carboxylic acids is 1. The van der Waals surface area contributed by atoms with Gasteiger partial charge in [-0.1, -0.05) is 67.6 Å². The summed E-state index contributed by atoms with van der Waals surface area (Å²) in [4.78, 5) is 23.9. The molecule has 24 heavy (non-hydrogen) atoms. The summed E-state index contributed by atoms with van der Waals surface area (Å²) < 4.78 is 5.63. The Labute approximate surface area is 139 Å². The lowest BCUT2D eigenvalue weighted by molar-refractivity contribution is -0.572. The highest BCUT2D eigenvalue weighted by atomic mass is 16.7. The number of hydrogen-bond acceptors (Lipinski definition) is 4. The van der Waals surface area contributed by atoms with Crippen molar-refractivity contribution in [3.63, 3.8) is 0 Å². The molecule has 0 saturated carbocycles. The van der Waals surface area contributed by atoms with Crippen LogP contribution < -0.4 is 0 Å². The second-order valence-corrected chi connectivity index (χ2v) is 5.61. The molecular formula is C19H17NO4. The fraction of sp³-hybridized carbons (Fsp3) is 0.211. The van der Waals surface area contributed by atoms with Crippen molar-refractivity contribution in [2.45, 2.75) is 19.6 Å². The van der Waals surface area contributed by atoms with Gasteiger partial charge in [-0.05, 0) is 6.42 Å². The first kappa shape index (κ1) is 15.9. The molecule has 0 radical (unpaired) electrons. The van der Waals surface area contributed by atoms with E-state index in [1.165, 1.54) is 0 Å². The number of hydrogen-bond donors (Lipinski definition) is 0. The number of benzene rings is 2. The lowest BCUT2D eigenvalue weighted by atomic mass is 9.88. The average molecular weight is 323 g/mol. The number of carbonyl (C=O) groups is 1. The van der Waals surface area contributed by atoms with E-state index in [0.29, 0.717) is 28.9 Å². The maximum absolute atomic E-state index is 13.0. The van der Waals surface area contributed by atoms with Gasteiger partial charge < -0.3 is 4.74 Å². The Morgan fingerprint density at radius 1 is 1.08 bits per heavy atom. The van der Waals surface area contributed by atoms with Crippen molar-refractivity contribution >= 4 is 11.5 Å². The van der Waals surface area contributed by atoms with E-state index in [1.54, 1.807) is 36.4 Å². The molecule has 0 bridgehead atoms. The van der Waals surface area contributed by atoms with Crippen LogP contribution in [0.5, 0.6) is 0 Å². The number of nitrogens with zero attached hydrogens (tertiary/aromatic N) is 1. The fourth-order valence-electron chi connectivity index (χ4n) is 3.00. The molecule has 122 valence electrons. The van der Waals surface area contributed by atoms with Crippen LogP contribution >= 0.6 is 0 Å². The van der Waals surface area contributed by atoms with Crippen molar-refractivity contribution in [3.8, 4) is 0 Å². The number of Topliss-reactive ketones (excluding diaryl/α,β-unsaturated/α-hetero) is 1. The SMILES string of the molecule is CCC1C(C(=O)c2ccccc2)=C(c2ccccc2)OC1[N+](=O)[O-]. The van der Waals surface area contributed by atoms with Gasteiger partial charge in [-0.25, -0.2) is 0 Å². The van der Waals surface area contributed by atoms with Crippen LogP contribution in [0.4, 0.5) is 0 Å². The second-order valence-electron chi connectivity index (χ2n) is 5.61. The van der Waals surface area contributed by atoms with Crippen LogP contribution in [0.2, 0.25) is 0 Å². The molecule has 0 aromatic heterocycles. The minimum absolute atomic E-state index is 0.217. The lowest BCUT2D eigenvalue weighted by Gasteiger charge is -2.12. The first-order valence-corrected chi connectivity index (χ1v) is 7.83. The molecule has 5 heteroatoms. The average Bonchev–Trinajstić information content (AvgIpc) is 3.02. The van der Waals surface area contributed by atoms with Gasteiger partial charge >= 0.3 is 6.23 Å². The topological polar surface area (TPSA) is 69.4 Å². The van der Waals surface area contributed by atoms with Gasteiger partial charge in [0.2, 0.25) is 0 Å². The minimum atomic E-state index is -1.23. The van der Waals surface area contributed by atoms with Crippen molar-refractivity contribution in [3.05, 3.63) is 87.5 Å². The summed E-state index contributed by atoms with van der Waals surface area (Å²) in [7, 11) is 0. The maximum Gasteiger partial charge on any atom is 0.361 e. The zero-order chi connectivity index (χ0) is 17.1. The fourth-order valence-corrected chi connectivity index (χ4v) is 3.00. The third kappa shape index (κ3) is 2.80. The van der Waals surface area contributed by atoms with Crippen LogP contribution in [0.15, 0.2) is 66.2 Å². The summed E-state index contributed by atoms with van der Waals surface area (Å²) in [6.45, 7) is 1.83. The predicted octanol–water partition coefficient (Wildman–Crippen LogP) is 3.94. The highest BCUT2D eigenvalue weighted by molar-refractivity contribution is 6.13. The number of rotatable bonds is 5. The Balaban J connectivity index is 2.13. The second kappa shape index (κ2) is 6.66. The first-order chi connectivity index (χ1) is 11.6. The molecule has 0 amide bonds. The number of ketones is 1. The van der Waals surface area contributed by atoms with Gasteiger partial charge in [-0.3, -0.25) is 14.9 Å². The highest BCUT2D eigenvalue weighted by Crippen LogP contribution is 2.40. The molecule has 1 heterocycles. The normalized spacial score (nSPS) is 19.9. The summed E-state index contributed by atoms with van der Waals surface area (Å²) >= 11 is 0. The number of nitro groups is 1. The molecular weight excluding hydrogens is 306 g/mol. The summed E-state index contributed by atoms with van der Waals surface area (Å²) in [6.07, 6.45) is -0.775. The van der Waals surface area contributed by atoms with Crippen LogP contribution in [0.25, 0.3) is 5.76 Å². The van der Waals surface area contributed by atoms with Crippen molar-refractivity contribution in [2.75, 3.05) is 0 Å². The van der Waals surface area contributed by atoms with Crippen molar-refractivity contribution in [1.29, 1.82) is 0 Å². The van der Waals surface area contributed by atoms with Crippen LogP contribution in [-0.2, 0) is 4.74 Å². The van der Waals surface area contributed by atoms with E-state index in [-0.39, 0.29) is 5.78 Å². The summed E-state index contributed by atoms with van der Waals surface area (Å²) in [5.41, 5.74) is 1.57. The molecule has 0 spiro atoms. The summed E-state index contributed by atoms with van der Waals surface area (Å²) in [5, 5.41) is 11.4. The Kier molecular flexibility index (Phi) is 4.42. The Morgan fingerprint density at radius 2 is 1.67 bits per heavy atom. The van der Waals surface area contributed by atoms with Crippen LogP contribution in [-0.4, -0.2) is 16.9 Å². The van der Waals surface area contributed by atoms with E-state index in [1.807, 2.05) is 31.2 Å². The van der Waals surface area contributed by atoms with Crippen LogP contribution in [0, 0.1) is 16.0 Å². The number of ether oxygens (including phenoxy) is 1. The van der Waals surface area contributed by atoms with Crippen molar-refractivity contribution in [1.82, 2.24) is 0 Å². The Hall–Kier alpha value is -2.95. The largest absolute Gasteiger partial charge is 0.428 e. The van der Waals surface area contributed by atoms with Crippen molar-refractivity contribution in [2.24, 2.45) is 5.92 Å². The molecule has 5 nitrogen and oxygen atoms in total. The van der Waals surface area contributed by atoms with Crippen LogP contribution in [0.1, 0.15) is 29.3 Å². The van der Waals surface area contributed by atoms with Gasteiger partial charge in [0, 0.05) is 11.1 Å². The van der Waals surface area contributed by atoms with E-state index >= 15 is 0 Å². The molecule has 0 saturated heterocycles. The van der Waals surface area contributed by atoms with Crippen molar-refractivity contribution < 1.29 is 14.5 Å². The predicted molar refractivity (Wildman–Crippen MR) is 89.8 cm³/mol. The molecule has 1 aliphatic rings. The van der Waals surface area contributed by atoms with Gasteiger partial charge in [0.15, 0.2) is 5.78 Å². The third-order valence-electron chi connectivity index (χ3n) is 4.16. The molecule has 2 aromatic rings. The third-order valence-corrected chi connectivity index (χ3v) is 4.16. The summed E-state index contributed by atoms with van der Waals surface area (Å²) in [5.74, 6) is -0.466. The molecule has 2 aromatic carbocycles. The van der Waals surface area contributed by atoms with Gasteiger partial charge in [-0.2, -0.15) is 0 Å². The van der Waals surface area contributed by atoms with Gasteiger partial charge in [0.1, 0.15) is 5.76 Å². The maximum atomic E-state index is 13.0. The zero-order valence-electron chi connectivity index (χ0n) is 13.2. The highest BCUT2D eigenvalue weighted by Gasteiger charge is 2.46. The van der Waals surface area contributed by atoms with Gasteiger partial charge in [0.25, 0.3) is 0 Å². The van der Waals surface area contributed by atoms with E-state index in [0.717, 1.165) is 0 Å². The molecule has 0 aliphatic carbocycles. The first-order valence-electron chi connectivity index (χ1n) is 7.83.